The van der Waals surface area contributed by atoms with Crippen LogP contribution in [0.5, 0.6) is 0 Å². The molecule has 0 spiro atoms. The molecule has 2 aromatic heterocycles. The number of likely N-dealkylation sites (N-methyl/N-ethyl adjacent to an activating group) is 1. The summed E-state index contributed by atoms with van der Waals surface area (Å²) in [5, 5.41) is 1.27. The molecule has 0 atom stereocenters. The van der Waals surface area contributed by atoms with Crippen LogP contribution in [0.2, 0.25) is 0 Å². The average Bonchev–Trinajstić information content (AvgIpc) is 3.21. The van der Waals surface area contributed by atoms with Crippen LogP contribution in [0.4, 0.5) is 5.82 Å². The fourth-order valence-electron chi connectivity index (χ4n) is 4.68. The van der Waals surface area contributed by atoms with Gasteiger partial charge in [-0.05, 0) is 57.5 Å². The quantitative estimate of drug-likeness (QED) is 0.495. The highest BCUT2D eigenvalue weighted by atomic mass is 32.2. The number of nitrogens with zero attached hydrogens (tertiary/aromatic N) is 5. The van der Waals surface area contributed by atoms with E-state index in [0.717, 1.165) is 61.2 Å². The van der Waals surface area contributed by atoms with Gasteiger partial charge in [0.05, 0.1) is 17.7 Å². The van der Waals surface area contributed by atoms with E-state index in [1.165, 1.54) is 33.6 Å². The molecule has 174 valence electrons. The predicted molar refractivity (Wildman–Crippen MR) is 137 cm³/mol. The minimum Gasteiger partial charge on any atom is -0.352 e. The normalized spacial score (nSPS) is 16.5. The van der Waals surface area contributed by atoms with Crippen LogP contribution in [0.1, 0.15) is 29.1 Å². The highest BCUT2D eigenvalue weighted by Crippen LogP contribution is 2.40. The zero-order chi connectivity index (χ0) is 22.8. The Hall–Kier alpha value is -2.16. The summed E-state index contributed by atoms with van der Waals surface area (Å²) < 4.78 is 0. The van der Waals surface area contributed by atoms with Crippen molar-refractivity contribution in [3.05, 3.63) is 46.6 Å². The first-order valence-electron chi connectivity index (χ1n) is 11.7. The number of fused-ring (bicyclic) bond motifs is 3. The van der Waals surface area contributed by atoms with Gasteiger partial charge < -0.3 is 14.7 Å². The van der Waals surface area contributed by atoms with E-state index in [2.05, 4.69) is 29.2 Å². The second kappa shape index (κ2) is 9.99. The van der Waals surface area contributed by atoms with Gasteiger partial charge in [0.1, 0.15) is 16.5 Å². The molecular weight excluding hydrogens is 450 g/mol. The Morgan fingerprint density at radius 1 is 1.06 bits per heavy atom. The fraction of sp³-hybridized carbons (Fsp3) is 0.480. The van der Waals surface area contributed by atoms with E-state index >= 15 is 0 Å². The Balaban J connectivity index is 1.42. The number of hydrogen-bond donors (Lipinski definition) is 0. The smallest absolute Gasteiger partial charge is 0.236 e. The molecule has 1 amide bonds. The molecule has 0 bridgehead atoms. The topological polar surface area (TPSA) is 52.6 Å². The number of aryl methyl sites for hydroxylation is 2. The van der Waals surface area contributed by atoms with E-state index in [0.29, 0.717) is 6.54 Å². The molecule has 1 saturated heterocycles. The summed E-state index contributed by atoms with van der Waals surface area (Å²) in [6, 6.07) is 10.5. The predicted octanol–water partition coefficient (Wildman–Crippen LogP) is 4.07. The summed E-state index contributed by atoms with van der Waals surface area (Å²) >= 11 is 3.65. The molecule has 0 saturated carbocycles. The number of carbonyl (C=O) groups is 1. The minimum absolute atomic E-state index is 0.209. The van der Waals surface area contributed by atoms with E-state index in [9.17, 15) is 4.79 Å². The van der Waals surface area contributed by atoms with Crippen LogP contribution in [0.25, 0.3) is 10.2 Å². The summed E-state index contributed by atoms with van der Waals surface area (Å²) in [6.07, 6.45) is 4.81. The molecule has 1 aliphatic heterocycles. The maximum atomic E-state index is 12.5. The third kappa shape index (κ3) is 5.03. The van der Waals surface area contributed by atoms with Gasteiger partial charge in [-0.3, -0.25) is 4.79 Å². The van der Waals surface area contributed by atoms with Crippen LogP contribution in [-0.2, 0) is 23.4 Å². The van der Waals surface area contributed by atoms with Crippen LogP contribution >= 0.6 is 23.1 Å². The lowest BCUT2D eigenvalue weighted by Gasteiger charge is -2.36. The van der Waals surface area contributed by atoms with Gasteiger partial charge >= 0.3 is 0 Å². The molecule has 0 N–H and O–H groups in total. The monoisotopic (exact) mass is 481 g/mol. The van der Waals surface area contributed by atoms with Gasteiger partial charge in [-0.25, -0.2) is 9.97 Å². The van der Waals surface area contributed by atoms with Gasteiger partial charge in [-0.1, -0.05) is 18.2 Å². The standard InChI is InChI=1S/C25H31N5OS2/c1-28(2)16-22(31)29-12-14-30(15-13-29)24-23-19-10-6-7-11-20(19)33-25(23)27-21(26-24)17-32-18-8-4-3-5-9-18/h3-5,8-9H,6-7,10-17H2,1-2H3. The zero-order valence-corrected chi connectivity index (χ0v) is 21.1. The molecule has 3 heterocycles. The maximum absolute atomic E-state index is 12.5. The number of carbonyl (C=O) groups excluding carboxylic acids is 1. The van der Waals surface area contributed by atoms with Crippen molar-refractivity contribution in [2.24, 2.45) is 0 Å². The number of aromatic nitrogens is 2. The third-order valence-corrected chi connectivity index (χ3v) is 8.53. The Morgan fingerprint density at radius 2 is 1.82 bits per heavy atom. The molecule has 1 fully saturated rings. The molecule has 0 radical (unpaired) electrons. The maximum Gasteiger partial charge on any atom is 0.236 e. The van der Waals surface area contributed by atoms with Gasteiger partial charge in [0.15, 0.2) is 0 Å². The van der Waals surface area contributed by atoms with E-state index in [1.54, 1.807) is 11.8 Å². The first-order valence-corrected chi connectivity index (χ1v) is 13.5. The number of rotatable bonds is 6. The number of piperazine rings is 1. The van der Waals surface area contributed by atoms with Crippen molar-refractivity contribution >= 4 is 45.0 Å². The SMILES string of the molecule is CN(C)CC(=O)N1CCN(c2nc(CSc3ccccc3)nc3sc4c(c23)CCCC4)CC1. The lowest BCUT2D eigenvalue weighted by molar-refractivity contribution is -0.132. The van der Waals surface area contributed by atoms with E-state index in [-0.39, 0.29) is 5.91 Å². The van der Waals surface area contributed by atoms with Gasteiger partial charge in [0, 0.05) is 36.0 Å². The Bertz CT molecular complexity index is 1120. The molecular formula is C25H31N5OS2. The number of anilines is 1. The van der Waals surface area contributed by atoms with Crippen molar-refractivity contribution in [3.8, 4) is 0 Å². The van der Waals surface area contributed by atoms with Crippen LogP contribution in [0, 0.1) is 0 Å². The number of thioether (sulfide) groups is 1. The molecule has 1 aliphatic carbocycles. The molecule has 5 rings (SSSR count). The summed E-state index contributed by atoms with van der Waals surface area (Å²) in [5.74, 6) is 2.95. The van der Waals surface area contributed by atoms with Crippen LogP contribution in [0.3, 0.4) is 0 Å². The first-order chi connectivity index (χ1) is 16.1. The van der Waals surface area contributed by atoms with Crippen molar-refractivity contribution < 1.29 is 4.79 Å². The van der Waals surface area contributed by atoms with Crippen molar-refractivity contribution in [3.63, 3.8) is 0 Å². The molecule has 8 heteroatoms. The average molecular weight is 482 g/mol. The molecule has 6 nitrogen and oxygen atoms in total. The van der Waals surface area contributed by atoms with Crippen molar-refractivity contribution in [1.82, 2.24) is 19.8 Å². The third-order valence-electron chi connectivity index (χ3n) is 6.34. The second-order valence-electron chi connectivity index (χ2n) is 9.06. The van der Waals surface area contributed by atoms with Crippen LogP contribution in [0.15, 0.2) is 35.2 Å². The minimum atomic E-state index is 0.209. The lowest BCUT2D eigenvalue weighted by atomic mass is 9.97. The largest absolute Gasteiger partial charge is 0.352 e. The zero-order valence-electron chi connectivity index (χ0n) is 19.4. The van der Waals surface area contributed by atoms with Crippen LogP contribution in [-0.4, -0.2) is 72.5 Å². The Morgan fingerprint density at radius 3 is 2.58 bits per heavy atom. The van der Waals surface area contributed by atoms with Gasteiger partial charge in [0.25, 0.3) is 0 Å². The highest BCUT2D eigenvalue weighted by molar-refractivity contribution is 7.98. The Kier molecular flexibility index (Phi) is 6.85. The molecule has 0 unspecified atom stereocenters. The van der Waals surface area contributed by atoms with Crippen LogP contribution < -0.4 is 4.90 Å². The highest BCUT2D eigenvalue weighted by Gasteiger charge is 2.27. The van der Waals surface area contributed by atoms with E-state index in [1.807, 2.05) is 41.3 Å². The van der Waals surface area contributed by atoms with E-state index in [4.69, 9.17) is 9.97 Å². The summed E-state index contributed by atoms with van der Waals surface area (Å²) in [5.41, 5.74) is 1.48. The molecule has 2 aliphatic rings. The Labute approximate surface area is 204 Å². The van der Waals surface area contributed by atoms with Crippen molar-refractivity contribution in [2.75, 3.05) is 51.7 Å². The number of thiophene rings is 1. The molecule has 1 aromatic carbocycles. The summed E-state index contributed by atoms with van der Waals surface area (Å²) in [4.78, 5) is 32.9. The first kappa shape index (κ1) is 22.6. The lowest BCUT2D eigenvalue weighted by Crippen LogP contribution is -2.51. The van der Waals surface area contributed by atoms with Crippen molar-refractivity contribution in [1.29, 1.82) is 0 Å². The fourth-order valence-corrected chi connectivity index (χ4v) is 6.73. The van der Waals surface area contributed by atoms with E-state index < -0.39 is 0 Å². The van der Waals surface area contributed by atoms with Gasteiger partial charge in [-0.15, -0.1) is 23.1 Å². The molecule has 3 aromatic rings. The second-order valence-corrected chi connectivity index (χ2v) is 11.2. The molecule has 33 heavy (non-hydrogen) atoms. The van der Waals surface area contributed by atoms with Gasteiger partial charge in [0.2, 0.25) is 5.91 Å². The summed E-state index contributed by atoms with van der Waals surface area (Å²) in [6.45, 7) is 3.61. The van der Waals surface area contributed by atoms with Crippen molar-refractivity contribution in [2.45, 2.75) is 36.3 Å². The number of hydrogen-bond acceptors (Lipinski definition) is 7. The summed E-state index contributed by atoms with van der Waals surface area (Å²) in [7, 11) is 3.89. The van der Waals surface area contributed by atoms with Gasteiger partial charge in [-0.2, -0.15) is 0 Å². The number of benzene rings is 1. The number of amides is 1.